The van der Waals surface area contributed by atoms with Gasteiger partial charge >= 0.3 is 89.0 Å². The Kier molecular flexibility index (Phi) is 13.0. The van der Waals surface area contributed by atoms with Gasteiger partial charge in [-0.25, -0.2) is 0 Å². The van der Waals surface area contributed by atoms with Crippen LogP contribution in [0.1, 0.15) is 11.1 Å². The molecule has 0 aromatic heterocycles. The number of carbonyl (C=O) groups excluding carboxylic acids is 2. The summed E-state index contributed by atoms with van der Waals surface area (Å²) in [6, 6.07) is 40.0. The Morgan fingerprint density at radius 1 is 0.486 bits per heavy atom. The van der Waals surface area contributed by atoms with Crippen LogP contribution in [0, 0.1) is 0 Å². The van der Waals surface area contributed by atoms with E-state index in [-0.39, 0.29) is 0 Å². The molecule has 35 heavy (non-hydrogen) atoms. The van der Waals surface area contributed by atoms with Gasteiger partial charge in [-0.3, -0.25) is 0 Å². The molecule has 0 radical (unpaired) electrons. The molecule has 5 heteroatoms. The standard InChI is InChI=1S/2C9H8O2.2C6H5.Sn/c2*10-9(11)7-6-8-4-2-1-3-5-8;2*1-2-4-6-5-3-1;/h2*1-7H,(H,10,11);2*1-5H;/q;;;;+2/p-2. The van der Waals surface area contributed by atoms with E-state index in [0.717, 1.165) is 23.3 Å². The molecule has 0 saturated carbocycles. The molecule has 4 aromatic rings. The van der Waals surface area contributed by atoms with Crippen LogP contribution < -0.4 is 17.4 Å². The molecule has 0 bridgehead atoms. The van der Waals surface area contributed by atoms with Gasteiger partial charge in [-0.15, -0.1) is 0 Å². The molecule has 0 aliphatic rings. The Bertz CT molecular complexity index is 1090. The van der Waals surface area contributed by atoms with E-state index >= 15 is 0 Å². The first-order valence-electron chi connectivity index (χ1n) is 10.8. The van der Waals surface area contributed by atoms with Crippen LogP contribution >= 0.6 is 0 Å². The fourth-order valence-electron chi connectivity index (χ4n) is 2.67. The van der Waals surface area contributed by atoms with Gasteiger partial charge in [0.15, 0.2) is 0 Å². The second-order valence-corrected chi connectivity index (χ2v) is 11.0. The molecule has 0 unspecified atom stereocenters. The first-order chi connectivity index (χ1) is 17.0. The average Bonchev–Trinajstić information content (AvgIpc) is 2.89. The number of hydrogen-bond donors (Lipinski definition) is 0. The van der Waals surface area contributed by atoms with Crippen molar-refractivity contribution in [1.29, 1.82) is 0 Å². The van der Waals surface area contributed by atoms with Crippen LogP contribution in [-0.2, 0) is 9.59 Å². The molecule has 4 aromatic carbocycles. The van der Waals surface area contributed by atoms with Crippen LogP contribution in [-0.4, -0.2) is 33.1 Å². The van der Waals surface area contributed by atoms with Crippen molar-refractivity contribution in [2.75, 3.05) is 0 Å². The maximum absolute atomic E-state index is 9.97. The van der Waals surface area contributed by atoms with Crippen molar-refractivity contribution in [2.45, 2.75) is 0 Å². The van der Waals surface area contributed by atoms with Gasteiger partial charge in [0.1, 0.15) is 0 Å². The average molecular weight is 567 g/mol. The molecule has 172 valence electrons. The van der Waals surface area contributed by atoms with E-state index in [1.807, 2.05) is 60.7 Å². The van der Waals surface area contributed by atoms with Crippen LogP contribution in [0.3, 0.4) is 0 Å². The van der Waals surface area contributed by atoms with Crippen LogP contribution in [0.15, 0.2) is 133 Å². The van der Waals surface area contributed by atoms with E-state index in [4.69, 9.17) is 0 Å². The van der Waals surface area contributed by atoms with Crippen molar-refractivity contribution in [3.63, 3.8) is 0 Å². The quantitative estimate of drug-likeness (QED) is 0.265. The minimum absolute atomic E-state index is 0.517. The van der Waals surface area contributed by atoms with E-state index in [0.29, 0.717) is 0 Å². The predicted octanol–water partition coefficient (Wildman–Crippen LogP) is 2.24. The molecule has 0 N–H and O–H groups in total. The summed E-state index contributed by atoms with van der Waals surface area (Å²) in [5.41, 5.74) is 1.72. The third-order valence-corrected chi connectivity index (χ3v) is 7.81. The van der Waals surface area contributed by atoms with E-state index < -0.39 is 33.1 Å². The van der Waals surface area contributed by atoms with Crippen molar-refractivity contribution in [3.8, 4) is 0 Å². The molecule has 0 amide bonds. The number of carboxylic acids is 2. The summed E-state index contributed by atoms with van der Waals surface area (Å²) in [4.78, 5) is 19.9. The zero-order valence-electron chi connectivity index (χ0n) is 19.0. The van der Waals surface area contributed by atoms with Crippen molar-refractivity contribution in [2.24, 2.45) is 0 Å². The van der Waals surface area contributed by atoms with Crippen molar-refractivity contribution in [3.05, 3.63) is 145 Å². The number of carboxylic acid groups (broad SMARTS) is 2. The van der Waals surface area contributed by atoms with Crippen LogP contribution in [0.4, 0.5) is 0 Å². The zero-order chi connectivity index (χ0) is 25.1. The minimum atomic E-state index is -1.17. The SMILES string of the molecule is O=C([O-])C=Cc1ccccc1.O=C([O-])C=Cc1ccccc1.c1cc[c]([Sn+2][c]2ccccc2)cc1. The summed E-state index contributed by atoms with van der Waals surface area (Å²) in [6.07, 6.45) is 5.01. The van der Waals surface area contributed by atoms with Gasteiger partial charge in [0, 0.05) is 0 Å². The molecule has 0 aliphatic heterocycles. The first-order valence-corrected chi connectivity index (χ1v) is 13.6. The number of hydrogen-bond acceptors (Lipinski definition) is 4. The maximum atomic E-state index is 9.97. The first kappa shape index (κ1) is 27.3. The van der Waals surface area contributed by atoms with Gasteiger partial charge in [0.05, 0.1) is 11.9 Å². The molecule has 4 nitrogen and oxygen atoms in total. The molecule has 0 fully saturated rings. The molecule has 4 rings (SSSR count). The summed E-state index contributed by atoms with van der Waals surface area (Å²) in [6.45, 7) is 0. The van der Waals surface area contributed by atoms with Gasteiger partial charge in [0.25, 0.3) is 0 Å². The van der Waals surface area contributed by atoms with E-state index in [1.54, 1.807) is 0 Å². The molecule has 0 atom stereocenters. The van der Waals surface area contributed by atoms with E-state index in [9.17, 15) is 19.8 Å². The molecule has 0 heterocycles. The topological polar surface area (TPSA) is 80.3 Å². The number of benzene rings is 4. The second kappa shape index (κ2) is 16.7. The fourth-order valence-corrected chi connectivity index (χ4v) is 5.67. The molecule has 0 saturated heterocycles. The number of carbonyl (C=O) groups is 2. The Balaban J connectivity index is 0.000000186. The summed E-state index contributed by atoms with van der Waals surface area (Å²) < 4.78 is 3.08. The van der Waals surface area contributed by atoms with Crippen molar-refractivity contribution in [1.82, 2.24) is 0 Å². The number of aliphatic carboxylic acids is 2. The van der Waals surface area contributed by atoms with E-state index in [2.05, 4.69) is 60.7 Å². The Labute approximate surface area is 216 Å². The monoisotopic (exact) mass is 568 g/mol. The van der Waals surface area contributed by atoms with Crippen molar-refractivity contribution < 1.29 is 19.8 Å². The third kappa shape index (κ3) is 13.4. The zero-order valence-corrected chi connectivity index (χ0v) is 21.8. The van der Waals surface area contributed by atoms with Gasteiger partial charge < -0.3 is 19.8 Å². The fraction of sp³-hybridized carbons (Fsp3) is 0. The molecular formula is C30H24O4Sn. The Hall–Kier alpha value is -3.90. The number of rotatable bonds is 6. The Morgan fingerprint density at radius 2 is 0.771 bits per heavy atom. The Morgan fingerprint density at radius 3 is 1.06 bits per heavy atom. The predicted molar refractivity (Wildman–Crippen MR) is 139 cm³/mol. The summed E-state index contributed by atoms with van der Waals surface area (Å²) >= 11 is -0.517. The normalized spacial score (nSPS) is 9.83. The molecular weight excluding hydrogens is 543 g/mol. The van der Waals surface area contributed by atoms with E-state index in [1.165, 1.54) is 19.3 Å². The van der Waals surface area contributed by atoms with Crippen LogP contribution in [0.5, 0.6) is 0 Å². The third-order valence-electron chi connectivity index (χ3n) is 4.26. The van der Waals surface area contributed by atoms with Gasteiger partial charge in [-0.05, 0) is 23.3 Å². The van der Waals surface area contributed by atoms with Gasteiger partial charge in [-0.1, -0.05) is 72.8 Å². The summed E-state index contributed by atoms with van der Waals surface area (Å²) in [7, 11) is 0. The van der Waals surface area contributed by atoms with Crippen LogP contribution in [0.2, 0.25) is 0 Å². The summed E-state index contributed by atoms with van der Waals surface area (Å²) in [5.74, 6) is -2.34. The van der Waals surface area contributed by atoms with Crippen LogP contribution in [0.25, 0.3) is 12.2 Å². The van der Waals surface area contributed by atoms with Gasteiger partial charge in [0.2, 0.25) is 0 Å². The molecule has 0 spiro atoms. The van der Waals surface area contributed by atoms with Crippen molar-refractivity contribution >= 4 is 52.4 Å². The molecule has 0 aliphatic carbocycles. The van der Waals surface area contributed by atoms with Gasteiger partial charge in [-0.2, -0.15) is 0 Å². The summed E-state index contributed by atoms with van der Waals surface area (Å²) in [5, 5.41) is 19.9. The second-order valence-electron chi connectivity index (χ2n) is 6.98.